The van der Waals surface area contributed by atoms with E-state index in [4.69, 9.17) is 5.63 Å². The molecular formula is C30H36F2O2SiZr. The van der Waals surface area contributed by atoms with Crippen LogP contribution in [-0.2, 0) is 18.3 Å². The van der Waals surface area contributed by atoms with Gasteiger partial charge in [0.15, 0.2) is 0 Å². The van der Waals surface area contributed by atoms with Gasteiger partial charge in [0, 0.05) is 0 Å². The van der Waals surface area contributed by atoms with E-state index in [1.807, 2.05) is 0 Å². The molecule has 0 radical (unpaired) electrons. The Labute approximate surface area is 216 Å². The quantitative estimate of drug-likeness (QED) is 0.315. The molecule has 4 rings (SSSR count). The molecule has 2 nitrogen and oxygen atoms in total. The maximum absolute atomic E-state index is 14.0. The SMILES string of the molecule is CC1=CC(C)[C]([Zr]([O]c2ccc(F)cc2)([O]c2ccc(F)cc2)([C]2=C(C)C=C(C)C2C)=[Si](C)C)=C1C. The molecule has 0 saturated carbocycles. The van der Waals surface area contributed by atoms with Crippen LogP contribution in [0.4, 0.5) is 8.78 Å². The van der Waals surface area contributed by atoms with Gasteiger partial charge in [0.25, 0.3) is 0 Å². The third kappa shape index (κ3) is 4.15. The second-order valence-electron chi connectivity index (χ2n) is 10.6. The average molecular weight is 586 g/mol. The molecule has 6 heteroatoms. The molecule has 0 bridgehead atoms. The molecule has 0 aliphatic heterocycles. The fourth-order valence-corrected chi connectivity index (χ4v) is 38.7. The molecule has 2 aliphatic rings. The molecular weight excluding hydrogens is 550 g/mol. The van der Waals surface area contributed by atoms with Crippen molar-refractivity contribution in [2.24, 2.45) is 11.8 Å². The van der Waals surface area contributed by atoms with E-state index in [0.717, 1.165) is 0 Å². The van der Waals surface area contributed by atoms with Gasteiger partial charge in [-0.15, -0.1) is 0 Å². The van der Waals surface area contributed by atoms with Crippen molar-refractivity contribution in [3.63, 3.8) is 0 Å². The van der Waals surface area contributed by atoms with Crippen LogP contribution in [0, 0.1) is 23.5 Å². The summed E-state index contributed by atoms with van der Waals surface area (Å²) in [6.45, 7) is 17.7. The summed E-state index contributed by atoms with van der Waals surface area (Å²) in [5.74, 6) is 0.891. The topological polar surface area (TPSA) is 18.5 Å². The third-order valence-electron chi connectivity index (χ3n) is 8.08. The Morgan fingerprint density at radius 3 is 1.56 bits per heavy atom. The van der Waals surface area contributed by atoms with Crippen LogP contribution in [0.2, 0.25) is 13.1 Å². The van der Waals surface area contributed by atoms with Gasteiger partial charge < -0.3 is 0 Å². The first kappa shape index (κ1) is 27.0. The number of rotatable bonds is 6. The number of allylic oxidation sites excluding steroid dienone is 8. The molecule has 0 amide bonds. The normalized spacial score (nSPS) is 20.5. The van der Waals surface area contributed by atoms with Crippen LogP contribution < -0.4 is 5.63 Å². The molecule has 2 unspecified atom stereocenters. The third-order valence-corrected chi connectivity index (χ3v) is 39.6. The second-order valence-corrected chi connectivity index (χ2v) is 34.2. The van der Waals surface area contributed by atoms with Crippen molar-refractivity contribution in [1.29, 1.82) is 0 Å². The van der Waals surface area contributed by atoms with Crippen LogP contribution in [0.15, 0.2) is 89.5 Å². The van der Waals surface area contributed by atoms with Crippen molar-refractivity contribution in [2.45, 2.75) is 54.6 Å². The Bertz CT molecular complexity index is 1350. The molecule has 2 atom stereocenters. The van der Waals surface area contributed by atoms with Crippen LogP contribution in [0.25, 0.3) is 0 Å². The van der Waals surface area contributed by atoms with Gasteiger partial charge in [-0.1, -0.05) is 0 Å². The van der Waals surface area contributed by atoms with E-state index in [-0.39, 0.29) is 23.5 Å². The van der Waals surface area contributed by atoms with Crippen molar-refractivity contribution >= 4 is 5.43 Å². The molecule has 0 spiro atoms. The molecule has 2 aromatic carbocycles. The number of halogens is 2. The zero-order valence-corrected chi connectivity index (χ0v) is 26.0. The zero-order valence-electron chi connectivity index (χ0n) is 22.5. The van der Waals surface area contributed by atoms with E-state index < -0.39 is 23.7 Å². The van der Waals surface area contributed by atoms with E-state index in [1.54, 1.807) is 24.3 Å². The standard InChI is InChI=1S/2C8H11.2C6H5FO.C2H6Si.Zr/c2*1-6-4-7(2)8(3)5-6;2*7-5-1-3-6(8)4-2-5;1-3-2;/h4,8H,1-3H3;4,6H,1-3H3;2*1-4,8H;1-2H3;/q;;;;;+2/p-2. The minimum absolute atomic E-state index is 0.129. The van der Waals surface area contributed by atoms with E-state index in [2.05, 4.69) is 66.8 Å². The van der Waals surface area contributed by atoms with Crippen molar-refractivity contribution in [2.75, 3.05) is 0 Å². The predicted octanol–water partition coefficient (Wildman–Crippen LogP) is 8.93. The number of benzene rings is 2. The molecule has 2 aliphatic carbocycles. The van der Waals surface area contributed by atoms with Gasteiger partial charge in [0.1, 0.15) is 0 Å². The minimum atomic E-state index is -5.27. The molecule has 0 fully saturated rings. The Kier molecular flexibility index (Phi) is 7.27. The van der Waals surface area contributed by atoms with Crippen molar-refractivity contribution in [3.8, 4) is 11.5 Å². The average Bonchev–Trinajstić information content (AvgIpc) is 3.23. The van der Waals surface area contributed by atoms with E-state index in [1.165, 1.54) is 53.1 Å². The summed E-state index contributed by atoms with van der Waals surface area (Å²) in [4.78, 5) is 0. The summed E-state index contributed by atoms with van der Waals surface area (Å²) in [6, 6.07) is 12.6. The van der Waals surface area contributed by atoms with Crippen LogP contribution in [0.1, 0.15) is 41.5 Å². The molecule has 0 saturated heterocycles. The van der Waals surface area contributed by atoms with E-state index in [9.17, 15) is 8.78 Å². The van der Waals surface area contributed by atoms with E-state index in [0.29, 0.717) is 11.5 Å². The Balaban J connectivity index is 2.20. The summed E-state index contributed by atoms with van der Waals surface area (Å²) >= 11 is -5.27. The Morgan fingerprint density at radius 2 is 1.22 bits per heavy atom. The van der Waals surface area contributed by atoms with Crippen LogP contribution >= 0.6 is 0 Å². The number of hydrogen-bond donors (Lipinski definition) is 0. The Hall–Kier alpha value is -2.04. The zero-order chi connectivity index (χ0) is 26.4. The summed E-state index contributed by atoms with van der Waals surface area (Å²) in [5.41, 5.74) is 3.58. The monoisotopic (exact) mass is 584 g/mol. The molecule has 190 valence electrons. The van der Waals surface area contributed by atoms with Gasteiger partial charge in [0.05, 0.1) is 0 Å². The molecule has 0 heterocycles. The van der Waals surface area contributed by atoms with Crippen LogP contribution in [0.5, 0.6) is 11.5 Å². The van der Waals surface area contributed by atoms with Crippen molar-refractivity contribution < 1.29 is 32.7 Å². The van der Waals surface area contributed by atoms with Crippen LogP contribution in [-0.4, -0.2) is 5.43 Å². The fraction of sp³-hybridized carbons (Fsp3) is 0.333. The first-order chi connectivity index (χ1) is 16.9. The van der Waals surface area contributed by atoms with Crippen molar-refractivity contribution in [1.82, 2.24) is 0 Å². The van der Waals surface area contributed by atoms with E-state index >= 15 is 0 Å². The van der Waals surface area contributed by atoms with Crippen LogP contribution in [0.3, 0.4) is 0 Å². The van der Waals surface area contributed by atoms with Gasteiger partial charge >= 0.3 is 217 Å². The summed E-state index contributed by atoms with van der Waals surface area (Å²) < 4.78 is 45.4. The molecule has 2 aromatic rings. The first-order valence-corrected chi connectivity index (χ1v) is 23.2. The fourth-order valence-electron chi connectivity index (χ4n) is 6.34. The van der Waals surface area contributed by atoms with Gasteiger partial charge in [-0.25, -0.2) is 0 Å². The molecule has 36 heavy (non-hydrogen) atoms. The summed E-state index contributed by atoms with van der Waals surface area (Å²) in [5, 5.41) is 0. The molecule has 0 N–H and O–H groups in total. The Morgan fingerprint density at radius 1 is 0.750 bits per heavy atom. The summed E-state index contributed by atoms with van der Waals surface area (Å²) in [7, 11) is 0. The second kappa shape index (κ2) is 9.68. The summed E-state index contributed by atoms with van der Waals surface area (Å²) in [6.07, 6.45) is 4.57. The first-order valence-electron chi connectivity index (χ1n) is 12.6. The maximum atomic E-state index is 14.0. The molecule has 0 aromatic heterocycles. The van der Waals surface area contributed by atoms with Gasteiger partial charge in [-0.2, -0.15) is 0 Å². The van der Waals surface area contributed by atoms with Crippen molar-refractivity contribution in [3.05, 3.63) is 101 Å². The predicted molar refractivity (Wildman–Crippen MR) is 143 cm³/mol. The van der Waals surface area contributed by atoms with Gasteiger partial charge in [0.2, 0.25) is 0 Å². The van der Waals surface area contributed by atoms with Gasteiger partial charge in [-0.3, -0.25) is 0 Å². The van der Waals surface area contributed by atoms with Gasteiger partial charge in [-0.05, 0) is 0 Å². The number of hydrogen-bond acceptors (Lipinski definition) is 2.